The van der Waals surface area contributed by atoms with Crippen LogP contribution in [-0.4, -0.2) is 25.1 Å². The Morgan fingerprint density at radius 2 is 1.57 bits per heavy atom. The molecule has 0 aliphatic heterocycles. The summed E-state index contributed by atoms with van der Waals surface area (Å²) in [6.45, 7) is 3.19. The van der Waals surface area contributed by atoms with Crippen LogP contribution in [0.1, 0.15) is 11.1 Å². The van der Waals surface area contributed by atoms with Crippen LogP contribution < -0.4 is 4.46 Å². The molecule has 0 spiro atoms. The van der Waals surface area contributed by atoms with Gasteiger partial charge in [-0.15, -0.1) is 0 Å². The molecule has 0 saturated carbocycles. The number of hydrogen-bond acceptors (Lipinski definition) is 1. The van der Waals surface area contributed by atoms with Crippen molar-refractivity contribution in [3.8, 4) is 5.75 Å². The monoisotopic (exact) mass is 270 g/mol. The summed E-state index contributed by atoms with van der Waals surface area (Å²) in [4.78, 5) is 0. The van der Waals surface area contributed by atoms with Crippen molar-refractivity contribution in [3.63, 3.8) is 0 Å². The van der Waals surface area contributed by atoms with Crippen LogP contribution in [0.25, 0.3) is 0 Å². The molecule has 0 heterocycles. The van der Waals surface area contributed by atoms with Crippen LogP contribution in [0.15, 0.2) is 12.1 Å². The molecule has 5 heteroatoms. The molecule has 0 saturated heterocycles. The number of aromatic hydroxyl groups is 1. The maximum atomic E-state index is 12.1. The van der Waals surface area contributed by atoms with Crippen LogP contribution in [0.2, 0.25) is 0 Å². The molecule has 0 aromatic heterocycles. The number of rotatable bonds is 1. The Morgan fingerprint density at radius 3 is 1.93 bits per heavy atom. The second-order valence-electron chi connectivity index (χ2n) is 2.95. The van der Waals surface area contributed by atoms with E-state index in [1.54, 1.807) is 13.8 Å². The van der Waals surface area contributed by atoms with Crippen molar-refractivity contribution in [1.29, 1.82) is 0 Å². The van der Waals surface area contributed by atoms with Crippen molar-refractivity contribution >= 4 is 19.4 Å². The minimum absolute atomic E-state index is 0.0757. The molecule has 0 bridgehead atoms. The number of phenols is 1. The van der Waals surface area contributed by atoms with E-state index in [2.05, 4.69) is 0 Å². The van der Waals surface area contributed by atoms with E-state index in [0.29, 0.717) is 11.1 Å². The molecule has 0 aliphatic carbocycles. The van der Waals surface area contributed by atoms with Gasteiger partial charge >= 0.3 is 85.6 Å². The summed E-state index contributed by atoms with van der Waals surface area (Å²) in [5.74, 6) is 0.0757. The normalized spacial score (nSPS) is 11.8. The Balaban J connectivity index is 3.02. The number of halogens is 3. The fourth-order valence-electron chi connectivity index (χ4n) is 1.11. The van der Waals surface area contributed by atoms with Crippen LogP contribution in [0.5, 0.6) is 5.75 Å². The first-order valence-corrected chi connectivity index (χ1v) is 5.57. The maximum absolute atomic E-state index is 12.1. The molecule has 0 fully saturated rings. The van der Waals surface area contributed by atoms with Gasteiger partial charge in [-0.3, -0.25) is 0 Å². The Hall–Kier alpha value is -0.671. The third kappa shape index (κ3) is 2.92. The minimum atomic E-state index is -4.14. The van der Waals surface area contributed by atoms with Crippen LogP contribution in [-0.2, 0) is 0 Å². The van der Waals surface area contributed by atoms with Gasteiger partial charge in [-0.25, -0.2) is 0 Å². The molecular formula is C9H9F3OSe. The van der Waals surface area contributed by atoms with Crippen molar-refractivity contribution < 1.29 is 18.3 Å². The summed E-state index contributed by atoms with van der Waals surface area (Å²) >= 11 is -1.53. The predicted octanol–water partition coefficient (Wildman–Crippen LogP) is 1.86. The molecule has 1 aromatic carbocycles. The number of hydrogen-bond donors (Lipinski definition) is 1. The molecule has 0 unspecified atom stereocenters. The SMILES string of the molecule is Cc1cc([Se]C(F)(F)F)cc(C)c1O. The Morgan fingerprint density at radius 1 is 1.14 bits per heavy atom. The number of phenolic OH excluding ortho intramolecular Hbond substituents is 1. The first-order chi connectivity index (χ1) is 6.29. The zero-order valence-electron chi connectivity index (χ0n) is 7.64. The third-order valence-corrected chi connectivity index (χ3v) is 3.17. The summed E-state index contributed by atoms with van der Waals surface area (Å²) in [5.41, 5.74) is 0.984. The van der Waals surface area contributed by atoms with E-state index >= 15 is 0 Å². The summed E-state index contributed by atoms with van der Waals surface area (Å²) in [6.07, 6.45) is 0. The molecule has 14 heavy (non-hydrogen) atoms. The van der Waals surface area contributed by atoms with E-state index in [9.17, 15) is 18.3 Å². The van der Waals surface area contributed by atoms with Gasteiger partial charge in [0.2, 0.25) is 0 Å². The van der Waals surface area contributed by atoms with Crippen molar-refractivity contribution in [2.45, 2.75) is 18.9 Å². The van der Waals surface area contributed by atoms with Gasteiger partial charge in [0.1, 0.15) is 0 Å². The average Bonchev–Trinajstić information content (AvgIpc) is 1.96. The second kappa shape index (κ2) is 3.83. The van der Waals surface area contributed by atoms with Crippen LogP contribution in [0.3, 0.4) is 0 Å². The second-order valence-corrected chi connectivity index (χ2v) is 5.34. The van der Waals surface area contributed by atoms with Crippen LogP contribution in [0.4, 0.5) is 13.2 Å². The zero-order valence-corrected chi connectivity index (χ0v) is 9.36. The van der Waals surface area contributed by atoms with Crippen molar-refractivity contribution in [2.75, 3.05) is 0 Å². The Bertz CT molecular complexity index is 323. The average molecular weight is 269 g/mol. The van der Waals surface area contributed by atoms with Crippen molar-refractivity contribution in [2.24, 2.45) is 0 Å². The van der Waals surface area contributed by atoms with Gasteiger partial charge in [-0.05, 0) is 0 Å². The Labute approximate surface area is 86.1 Å². The van der Waals surface area contributed by atoms with E-state index < -0.39 is 20.0 Å². The molecule has 78 valence electrons. The molecule has 1 aromatic rings. The quantitative estimate of drug-likeness (QED) is 0.771. The van der Waals surface area contributed by atoms with Crippen LogP contribution >= 0.6 is 0 Å². The standard InChI is InChI=1S/C9H9F3OSe/c1-5-3-7(14-9(10,11)12)4-6(2)8(5)13/h3-4,13H,1-2H3. The van der Waals surface area contributed by atoms with E-state index in [1.807, 2.05) is 0 Å². The fourth-order valence-corrected chi connectivity index (χ4v) is 2.66. The summed E-state index contributed by atoms with van der Waals surface area (Å²) < 4.78 is 36.5. The van der Waals surface area contributed by atoms with Gasteiger partial charge in [0.15, 0.2) is 0 Å². The van der Waals surface area contributed by atoms with Gasteiger partial charge in [0.05, 0.1) is 0 Å². The third-order valence-electron chi connectivity index (χ3n) is 1.70. The molecule has 0 aliphatic rings. The first kappa shape index (κ1) is 11.4. The number of aryl methyl sites for hydroxylation is 2. The van der Waals surface area contributed by atoms with Gasteiger partial charge in [0.25, 0.3) is 0 Å². The summed E-state index contributed by atoms with van der Waals surface area (Å²) in [5, 5.41) is 5.22. The van der Waals surface area contributed by atoms with Crippen molar-refractivity contribution in [1.82, 2.24) is 0 Å². The molecular weight excluding hydrogens is 260 g/mol. The van der Waals surface area contributed by atoms with Gasteiger partial charge in [-0.2, -0.15) is 0 Å². The Kier molecular flexibility index (Phi) is 3.12. The predicted molar refractivity (Wildman–Crippen MR) is 49.0 cm³/mol. The number of alkyl halides is 3. The molecule has 1 rings (SSSR count). The molecule has 1 nitrogen and oxygen atoms in total. The van der Waals surface area contributed by atoms with Crippen LogP contribution in [0, 0.1) is 13.8 Å². The van der Waals surface area contributed by atoms with Crippen molar-refractivity contribution in [3.05, 3.63) is 23.3 Å². The van der Waals surface area contributed by atoms with Gasteiger partial charge < -0.3 is 0 Å². The van der Waals surface area contributed by atoms with Gasteiger partial charge in [-0.1, -0.05) is 0 Å². The van der Waals surface area contributed by atoms with E-state index in [4.69, 9.17) is 0 Å². The van der Waals surface area contributed by atoms with E-state index in [0.717, 1.165) is 0 Å². The molecule has 0 atom stereocenters. The topological polar surface area (TPSA) is 20.2 Å². The van der Waals surface area contributed by atoms with Gasteiger partial charge in [0, 0.05) is 0 Å². The van der Waals surface area contributed by atoms with E-state index in [1.165, 1.54) is 12.1 Å². The molecule has 1 N–H and O–H groups in total. The summed E-state index contributed by atoms with van der Waals surface area (Å²) in [6, 6.07) is 2.77. The zero-order chi connectivity index (χ0) is 10.9. The molecule has 0 amide bonds. The number of benzene rings is 1. The van der Waals surface area contributed by atoms with E-state index in [-0.39, 0.29) is 10.2 Å². The fraction of sp³-hybridized carbons (Fsp3) is 0.333. The molecule has 0 radical (unpaired) electrons. The summed E-state index contributed by atoms with van der Waals surface area (Å²) in [7, 11) is 0. The first-order valence-electron chi connectivity index (χ1n) is 3.85.